The van der Waals surface area contributed by atoms with E-state index in [1.54, 1.807) is 18.2 Å². The Morgan fingerprint density at radius 1 is 0.957 bits per heavy atom. The smallest absolute Gasteiger partial charge is 0.239 e. The molecule has 0 saturated heterocycles. The fourth-order valence-corrected chi connectivity index (χ4v) is 2.03. The zero-order valence-corrected chi connectivity index (χ0v) is 12.9. The van der Waals surface area contributed by atoms with Crippen molar-refractivity contribution >= 4 is 11.8 Å². The molecule has 0 aromatic heterocycles. The minimum Gasteiger partial charge on any atom is -0.350 e. The molecule has 2 rings (SSSR count). The largest absolute Gasteiger partial charge is 0.350 e. The molecule has 23 heavy (non-hydrogen) atoms. The van der Waals surface area contributed by atoms with Gasteiger partial charge in [-0.05, 0) is 24.1 Å². The normalized spacial score (nSPS) is 10.2. The highest BCUT2D eigenvalue weighted by Gasteiger charge is 2.09. The molecule has 0 fully saturated rings. The first kappa shape index (κ1) is 16.7. The summed E-state index contributed by atoms with van der Waals surface area (Å²) >= 11 is 0. The van der Waals surface area contributed by atoms with Crippen LogP contribution >= 0.6 is 0 Å². The summed E-state index contributed by atoms with van der Waals surface area (Å²) in [5.74, 6) is -1.10. The lowest BCUT2D eigenvalue weighted by atomic mass is 10.1. The first-order valence-electron chi connectivity index (χ1n) is 7.37. The van der Waals surface area contributed by atoms with E-state index >= 15 is 0 Å². The Kier molecular flexibility index (Phi) is 5.86. The number of carbonyl (C=O) groups is 2. The second kappa shape index (κ2) is 8.08. The lowest BCUT2D eigenvalue weighted by molar-refractivity contribution is -0.125. The van der Waals surface area contributed by atoms with Crippen molar-refractivity contribution in [3.8, 4) is 0 Å². The van der Waals surface area contributed by atoms with E-state index in [2.05, 4.69) is 10.6 Å². The summed E-state index contributed by atoms with van der Waals surface area (Å²) in [6.07, 6.45) is -0.0854. The molecular weight excluding hydrogens is 295 g/mol. The second-order valence-electron chi connectivity index (χ2n) is 5.31. The molecule has 0 saturated carbocycles. The summed E-state index contributed by atoms with van der Waals surface area (Å²) in [7, 11) is 0. The summed E-state index contributed by atoms with van der Waals surface area (Å²) in [4.78, 5) is 23.4. The highest BCUT2D eigenvalue weighted by atomic mass is 19.1. The SMILES string of the molecule is Cc1ccc(CNC(=O)CNC(=O)Cc2ccccc2F)cc1. The third-order valence-electron chi connectivity index (χ3n) is 3.37. The van der Waals surface area contributed by atoms with Crippen molar-refractivity contribution in [3.63, 3.8) is 0 Å². The van der Waals surface area contributed by atoms with Crippen LogP contribution in [0.1, 0.15) is 16.7 Å². The predicted molar refractivity (Wildman–Crippen MR) is 86.1 cm³/mol. The third kappa shape index (κ3) is 5.54. The second-order valence-corrected chi connectivity index (χ2v) is 5.31. The lowest BCUT2D eigenvalue weighted by Crippen LogP contribution is -2.37. The van der Waals surface area contributed by atoms with Crippen LogP contribution in [0, 0.1) is 12.7 Å². The summed E-state index contributed by atoms with van der Waals surface area (Å²) in [5.41, 5.74) is 2.45. The quantitative estimate of drug-likeness (QED) is 0.858. The fraction of sp³-hybridized carbons (Fsp3) is 0.222. The summed E-state index contributed by atoms with van der Waals surface area (Å²) in [5, 5.41) is 5.21. The van der Waals surface area contributed by atoms with E-state index in [1.165, 1.54) is 6.07 Å². The molecule has 0 spiro atoms. The van der Waals surface area contributed by atoms with Crippen molar-refractivity contribution in [1.29, 1.82) is 0 Å². The van der Waals surface area contributed by atoms with Gasteiger partial charge in [0.15, 0.2) is 0 Å². The molecule has 2 amide bonds. The Morgan fingerprint density at radius 2 is 1.65 bits per heavy atom. The molecule has 0 aliphatic rings. The number of amides is 2. The number of carbonyl (C=O) groups excluding carboxylic acids is 2. The minimum absolute atomic E-state index is 0.0854. The predicted octanol–water partition coefficient (Wildman–Crippen LogP) is 2.11. The van der Waals surface area contributed by atoms with Gasteiger partial charge in [-0.15, -0.1) is 0 Å². The van der Waals surface area contributed by atoms with E-state index in [1.807, 2.05) is 31.2 Å². The fourth-order valence-electron chi connectivity index (χ4n) is 2.03. The lowest BCUT2D eigenvalue weighted by Gasteiger charge is -2.08. The molecular formula is C18H19FN2O2. The van der Waals surface area contributed by atoms with E-state index < -0.39 is 5.82 Å². The van der Waals surface area contributed by atoms with E-state index in [-0.39, 0.29) is 24.8 Å². The monoisotopic (exact) mass is 314 g/mol. The van der Waals surface area contributed by atoms with Gasteiger partial charge < -0.3 is 10.6 Å². The molecule has 4 nitrogen and oxygen atoms in total. The van der Waals surface area contributed by atoms with Gasteiger partial charge in [0.05, 0.1) is 13.0 Å². The molecule has 0 bridgehead atoms. The highest BCUT2D eigenvalue weighted by molar-refractivity contribution is 5.85. The molecule has 120 valence electrons. The highest BCUT2D eigenvalue weighted by Crippen LogP contribution is 2.06. The van der Waals surface area contributed by atoms with Gasteiger partial charge in [-0.1, -0.05) is 48.0 Å². The first-order valence-corrected chi connectivity index (χ1v) is 7.37. The van der Waals surface area contributed by atoms with Crippen LogP contribution in [0.25, 0.3) is 0 Å². The van der Waals surface area contributed by atoms with Crippen LogP contribution in [-0.4, -0.2) is 18.4 Å². The molecule has 0 heterocycles. The Hall–Kier alpha value is -2.69. The number of hydrogen-bond acceptors (Lipinski definition) is 2. The molecule has 0 radical (unpaired) electrons. The molecule has 2 aromatic rings. The molecule has 0 unspecified atom stereocenters. The Labute approximate surface area is 134 Å². The molecule has 0 atom stereocenters. The van der Waals surface area contributed by atoms with Crippen molar-refractivity contribution in [2.24, 2.45) is 0 Å². The first-order chi connectivity index (χ1) is 11.0. The van der Waals surface area contributed by atoms with Gasteiger partial charge in [0.2, 0.25) is 11.8 Å². The van der Waals surface area contributed by atoms with Crippen molar-refractivity contribution in [2.45, 2.75) is 19.9 Å². The number of rotatable bonds is 6. The maximum absolute atomic E-state index is 13.4. The maximum Gasteiger partial charge on any atom is 0.239 e. The maximum atomic E-state index is 13.4. The van der Waals surface area contributed by atoms with Crippen molar-refractivity contribution in [3.05, 3.63) is 71.0 Å². The summed E-state index contributed by atoms with van der Waals surface area (Å²) in [6, 6.07) is 13.9. The average molecular weight is 314 g/mol. The number of halogens is 1. The van der Waals surface area contributed by atoms with Crippen LogP contribution in [0.2, 0.25) is 0 Å². The van der Waals surface area contributed by atoms with E-state index in [9.17, 15) is 14.0 Å². The molecule has 0 aliphatic heterocycles. The Balaban J connectivity index is 1.72. The number of benzene rings is 2. The van der Waals surface area contributed by atoms with Crippen LogP contribution < -0.4 is 10.6 Å². The van der Waals surface area contributed by atoms with Crippen LogP contribution in [0.5, 0.6) is 0 Å². The average Bonchev–Trinajstić information content (AvgIpc) is 2.54. The van der Waals surface area contributed by atoms with Crippen molar-refractivity contribution < 1.29 is 14.0 Å². The van der Waals surface area contributed by atoms with Gasteiger partial charge in [-0.3, -0.25) is 9.59 Å². The van der Waals surface area contributed by atoms with Gasteiger partial charge in [-0.25, -0.2) is 4.39 Å². The third-order valence-corrected chi connectivity index (χ3v) is 3.37. The zero-order valence-electron chi connectivity index (χ0n) is 12.9. The van der Waals surface area contributed by atoms with Crippen LogP contribution in [0.3, 0.4) is 0 Å². The van der Waals surface area contributed by atoms with Gasteiger partial charge in [0.1, 0.15) is 5.82 Å². The standard InChI is InChI=1S/C18H19FN2O2/c1-13-6-8-14(9-7-13)11-20-18(23)12-21-17(22)10-15-4-2-3-5-16(15)19/h2-9H,10-12H2,1H3,(H,20,23)(H,21,22). The Bertz CT molecular complexity index is 684. The van der Waals surface area contributed by atoms with Gasteiger partial charge in [0, 0.05) is 6.54 Å². The topological polar surface area (TPSA) is 58.2 Å². The van der Waals surface area contributed by atoms with E-state index in [4.69, 9.17) is 0 Å². The Morgan fingerprint density at radius 3 is 2.35 bits per heavy atom. The van der Waals surface area contributed by atoms with Crippen LogP contribution in [0.15, 0.2) is 48.5 Å². The number of nitrogens with one attached hydrogen (secondary N) is 2. The van der Waals surface area contributed by atoms with Gasteiger partial charge in [0.25, 0.3) is 0 Å². The number of aryl methyl sites for hydroxylation is 1. The molecule has 2 aromatic carbocycles. The van der Waals surface area contributed by atoms with Crippen molar-refractivity contribution in [2.75, 3.05) is 6.54 Å². The van der Waals surface area contributed by atoms with Gasteiger partial charge >= 0.3 is 0 Å². The molecule has 5 heteroatoms. The summed E-state index contributed by atoms with van der Waals surface area (Å²) < 4.78 is 13.4. The minimum atomic E-state index is -0.425. The van der Waals surface area contributed by atoms with Gasteiger partial charge in [-0.2, -0.15) is 0 Å². The number of hydrogen-bond donors (Lipinski definition) is 2. The van der Waals surface area contributed by atoms with Crippen LogP contribution in [-0.2, 0) is 22.6 Å². The van der Waals surface area contributed by atoms with E-state index in [0.29, 0.717) is 12.1 Å². The molecule has 2 N–H and O–H groups in total. The van der Waals surface area contributed by atoms with E-state index in [0.717, 1.165) is 11.1 Å². The van der Waals surface area contributed by atoms with Crippen LogP contribution in [0.4, 0.5) is 4.39 Å². The molecule has 0 aliphatic carbocycles. The van der Waals surface area contributed by atoms with Crippen molar-refractivity contribution in [1.82, 2.24) is 10.6 Å². The summed E-state index contributed by atoms with van der Waals surface area (Å²) in [6.45, 7) is 2.27. The zero-order chi connectivity index (χ0) is 16.7.